The molecule has 1 heterocycles. The zero-order valence-corrected chi connectivity index (χ0v) is 13.3. The summed E-state index contributed by atoms with van der Waals surface area (Å²) < 4.78 is 26.0. The second kappa shape index (κ2) is 5.75. The van der Waals surface area contributed by atoms with Crippen molar-refractivity contribution in [2.75, 3.05) is 13.1 Å². The van der Waals surface area contributed by atoms with Crippen LogP contribution in [-0.2, 0) is 10.0 Å². The molecule has 7 heteroatoms. The number of fused-ring (bicyclic) bond motifs is 1. The van der Waals surface area contributed by atoms with Crippen molar-refractivity contribution in [1.29, 1.82) is 0 Å². The summed E-state index contributed by atoms with van der Waals surface area (Å²) >= 11 is 0. The second-order valence-corrected chi connectivity index (χ2v) is 7.93. The Hall–Kier alpha value is -1.44. The number of β-amino-alcohol motifs (C(OH)–C–C–N with tert-alkyl or cyclic N) is 1. The van der Waals surface area contributed by atoms with Gasteiger partial charge in [0, 0.05) is 12.1 Å². The molecule has 1 aromatic rings. The molecule has 1 unspecified atom stereocenters. The van der Waals surface area contributed by atoms with Gasteiger partial charge in [0.2, 0.25) is 0 Å². The molecule has 2 N–H and O–H groups in total. The summed E-state index contributed by atoms with van der Waals surface area (Å²) in [5, 5.41) is 13.2. The van der Waals surface area contributed by atoms with Gasteiger partial charge in [0.05, 0.1) is 18.3 Å². The number of benzene rings is 1. The SMILES string of the molecule is CC(C)(C)NCC(O)CN1C=Nc2ccccc2S1(=O)=O. The molecule has 21 heavy (non-hydrogen) atoms. The Morgan fingerprint density at radius 1 is 1.33 bits per heavy atom. The normalized spacial score (nSPS) is 18.4. The first kappa shape index (κ1) is 15.9. The fraction of sp³-hybridized carbons (Fsp3) is 0.500. The van der Waals surface area contributed by atoms with Crippen LogP contribution in [0.15, 0.2) is 34.2 Å². The van der Waals surface area contributed by atoms with Gasteiger partial charge in [0.15, 0.2) is 0 Å². The van der Waals surface area contributed by atoms with Crippen LogP contribution in [-0.4, -0.2) is 48.9 Å². The van der Waals surface area contributed by atoms with Crippen molar-refractivity contribution < 1.29 is 13.5 Å². The van der Waals surface area contributed by atoms with Crippen LogP contribution in [0.4, 0.5) is 5.69 Å². The van der Waals surface area contributed by atoms with Crippen molar-refractivity contribution in [2.24, 2.45) is 4.99 Å². The van der Waals surface area contributed by atoms with Gasteiger partial charge in [0.1, 0.15) is 11.2 Å². The number of sulfonamides is 1. The first-order chi connectivity index (χ1) is 9.70. The van der Waals surface area contributed by atoms with Gasteiger partial charge >= 0.3 is 0 Å². The van der Waals surface area contributed by atoms with Gasteiger partial charge in [-0.3, -0.25) is 4.31 Å². The smallest absolute Gasteiger partial charge is 0.267 e. The molecule has 0 aliphatic carbocycles. The number of nitrogens with one attached hydrogen (secondary N) is 1. The molecule has 0 saturated carbocycles. The van der Waals surface area contributed by atoms with Crippen molar-refractivity contribution >= 4 is 22.0 Å². The average Bonchev–Trinajstić information content (AvgIpc) is 2.39. The van der Waals surface area contributed by atoms with Gasteiger partial charge in [-0.2, -0.15) is 0 Å². The number of para-hydroxylation sites is 1. The first-order valence-electron chi connectivity index (χ1n) is 6.78. The molecule has 0 radical (unpaired) electrons. The predicted molar refractivity (Wildman–Crippen MR) is 82.2 cm³/mol. The molecule has 1 atom stereocenters. The Balaban J connectivity index is 2.09. The fourth-order valence-electron chi connectivity index (χ4n) is 1.94. The maximum atomic E-state index is 12.4. The third-order valence-corrected chi connectivity index (χ3v) is 4.80. The number of hydrogen-bond donors (Lipinski definition) is 2. The number of rotatable bonds is 4. The minimum absolute atomic E-state index is 0.0246. The molecule has 2 rings (SSSR count). The molecule has 1 aromatic carbocycles. The summed E-state index contributed by atoms with van der Waals surface area (Å²) in [7, 11) is -3.64. The third kappa shape index (κ3) is 3.81. The van der Waals surface area contributed by atoms with Gasteiger partial charge in [-0.15, -0.1) is 0 Å². The Morgan fingerprint density at radius 3 is 2.67 bits per heavy atom. The summed E-state index contributed by atoms with van der Waals surface area (Å²) in [5.74, 6) is 0. The highest BCUT2D eigenvalue weighted by Crippen LogP contribution is 2.29. The van der Waals surface area contributed by atoms with Gasteiger partial charge < -0.3 is 10.4 Å². The van der Waals surface area contributed by atoms with Crippen LogP contribution in [0.1, 0.15) is 20.8 Å². The van der Waals surface area contributed by atoms with Crippen LogP contribution in [0.25, 0.3) is 0 Å². The number of hydrogen-bond acceptors (Lipinski definition) is 5. The number of aliphatic hydroxyl groups is 1. The molecule has 0 amide bonds. The summed E-state index contributed by atoms with van der Waals surface area (Å²) in [6.45, 7) is 6.23. The van der Waals surface area contributed by atoms with E-state index in [1.807, 2.05) is 20.8 Å². The van der Waals surface area contributed by atoms with E-state index in [1.54, 1.807) is 18.2 Å². The lowest BCUT2D eigenvalue weighted by Gasteiger charge is -2.28. The molecular weight excluding hydrogens is 290 g/mol. The van der Waals surface area contributed by atoms with Gasteiger partial charge in [0.25, 0.3) is 10.0 Å². The van der Waals surface area contributed by atoms with Gasteiger partial charge in [-0.25, -0.2) is 13.4 Å². The van der Waals surface area contributed by atoms with E-state index in [9.17, 15) is 13.5 Å². The van der Waals surface area contributed by atoms with E-state index < -0.39 is 16.1 Å². The predicted octanol–water partition coefficient (Wildman–Crippen LogP) is 1.10. The summed E-state index contributed by atoms with van der Waals surface area (Å²) in [4.78, 5) is 4.29. The summed E-state index contributed by atoms with van der Waals surface area (Å²) in [5.41, 5.74) is 0.290. The van der Waals surface area contributed by atoms with Crippen LogP contribution in [0, 0.1) is 0 Å². The topological polar surface area (TPSA) is 82.0 Å². The monoisotopic (exact) mass is 311 g/mol. The average molecular weight is 311 g/mol. The van der Waals surface area contributed by atoms with E-state index in [4.69, 9.17) is 0 Å². The Morgan fingerprint density at radius 2 is 2.00 bits per heavy atom. The van der Waals surface area contributed by atoms with Crippen LogP contribution >= 0.6 is 0 Å². The molecule has 0 aromatic heterocycles. The van der Waals surface area contributed by atoms with Crippen molar-refractivity contribution in [2.45, 2.75) is 37.3 Å². The lowest BCUT2D eigenvalue weighted by molar-refractivity contribution is 0.149. The van der Waals surface area contributed by atoms with E-state index in [2.05, 4.69) is 10.3 Å². The Kier molecular flexibility index (Phi) is 4.36. The Labute approximate surface area is 125 Å². The van der Waals surface area contributed by atoms with E-state index >= 15 is 0 Å². The fourth-order valence-corrected chi connectivity index (χ4v) is 3.37. The number of aliphatic hydroxyl groups excluding tert-OH is 1. The van der Waals surface area contributed by atoms with Gasteiger partial charge in [-0.1, -0.05) is 12.1 Å². The lowest BCUT2D eigenvalue weighted by Crippen LogP contribution is -2.46. The third-order valence-electron chi connectivity index (χ3n) is 3.04. The minimum atomic E-state index is -3.64. The highest BCUT2D eigenvalue weighted by Gasteiger charge is 2.29. The quantitative estimate of drug-likeness (QED) is 0.872. The largest absolute Gasteiger partial charge is 0.390 e. The van der Waals surface area contributed by atoms with Crippen molar-refractivity contribution in [3.63, 3.8) is 0 Å². The standard InChI is InChI=1S/C14H21N3O3S/c1-14(2,3)16-8-11(18)9-17-10-15-12-6-4-5-7-13(12)21(17,19)20/h4-7,10-11,16,18H,8-9H2,1-3H3. The molecule has 0 spiro atoms. The first-order valence-corrected chi connectivity index (χ1v) is 8.22. The van der Waals surface area contributed by atoms with Crippen molar-refractivity contribution in [3.8, 4) is 0 Å². The van der Waals surface area contributed by atoms with E-state index in [0.717, 1.165) is 4.31 Å². The molecule has 0 bridgehead atoms. The van der Waals surface area contributed by atoms with E-state index in [-0.39, 0.29) is 17.0 Å². The minimum Gasteiger partial charge on any atom is -0.390 e. The molecule has 0 fully saturated rings. The van der Waals surface area contributed by atoms with Crippen LogP contribution in [0.5, 0.6) is 0 Å². The second-order valence-electron chi connectivity index (χ2n) is 6.07. The maximum Gasteiger partial charge on any atom is 0.267 e. The number of aliphatic imine (C=N–C) groups is 1. The molecule has 1 aliphatic rings. The van der Waals surface area contributed by atoms with Crippen LogP contribution in [0.2, 0.25) is 0 Å². The molecular formula is C14H21N3O3S. The van der Waals surface area contributed by atoms with Gasteiger partial charge in [-0.05, 0) is 32.9 Å². The van der Waals surface area contributed by atoms with Crippen molar-refractivity contribution in [3.05, 3.63) is 24.3 Å². The van der Waals surface area contributed by atoms with Crippen molar-refractivity contribution in [1.82, 2.24) is 9.62 Å². The van der Waals surface area contributed by atoms with E-state index in [0.29, 0.717) is 12.2 Å². The summed E-state index contributed by atoms with van der Waals surface area (Å²) in [6.07, 6.45) is 0.452. The van der Waals surface area contributed by atoms with Crippen LogP contribution in [0.3, 0.4) is 0 Å². The molecule has 0 saturated heterocycles. The zero-order chi connectivity index (χ0) is 15.7. The van der Waals surface area contributed by atoms with E-state index in [1.165, 1.54) is 12.4 Å². The lowest BCUT2D eigenvalue weighted by atomic mass is 10.1. The Bertz CT molecular complexity index is 635. The summed E-state index contributed by atoms with van der Waals surface area (Å²) in [6, 6.07) is 6.57. The highest BCUT2D eigenvalue weighted by molar-refractivity contribution is 7.89. The molecule has 1 aliphatic heterocycles. The van der Waals surface area contributed by atoms with Crippen LogP contribution < -0.4 is 5.32 Å². The molecule has 6 nitrogen and oxygen atoms in total. The highest BCUT2D eigenvalue weighted by atomic mass is 32.2. The molecule has 116 valence electrons. The number of nitrogens with zero attached hydrogens (tertiary/aromatic N) is 2. The maximum absolute atomic E-state index is 12.4. The zero-order valence-electron chi connectivity index (χ0n) is 12.4.